The van der Waals surface area contributed by atoms with Crippen molar-refractivity contribution in [2.75, 3.05) is 13.1 Å². The van der Waals surface area contributed by atoms with Crippen LogP contribution in [0.1, 0.15) is 37.4 Å². The molecule has 8 heteroatoms. The summed E-state index contributed by atoms with van der Waals surface area (Å²) in [6, 6.07) is 3.28. The van der Waals surface area contributed by atoms with E-state index in [1.54, 1.807) is 0 Å². The quantitative estimate of drug-likeness (QED) is 0.757. The molecule has 0 amide bonds. The van der Waals surface area contributed by atoms with Crippen LogP contribution in [0.4, 0.5) is 0 Å². The first-order valence-electron chi connectivity index (χ1n) is 6.73. The maximum Gasteiger partial charge on any atom is 0.345 e. The van der Waals surface area contributed by atoms with Crippen molar-refractivity contribution < 1.29 is 18.3 Å². The summed E-state index contributed by atoms with van der Waals surface area (Å²) in [5.41, 5.74) is 0. The first-order valence-corrected chi connectivity index (χ1v) is 9.03. The van der Waals surface area contributed by atoms with Crippen LogP contribution in [-0.4, -0.2) is 49.6 Å². The van der Waals surface area contributed by atoms with E-state index in [0.29, 0.717) is 25.2 Å². The van der Waals surface area contributed by atoms with Crippen molar-refractivity contribution in [2.24, 2.45) is 0 Å². The Balaban J connectivity index is 2.66. The summed E-state index contributed by atoms with van der Waals surface area (Å²) >= 11 is 0.756. The number of hydrogen-bond acceptors (Lipinski definition) is 5. The summed E-state index contributed by atoms with van der Waals surface area (Å²) in [6.07, 6.45) is 0. The average molecular weight is 334 g/mol. The van der Waals surface area contributed by atoms with Crippen molar-refractivity contribution >= 4 is 27.3 Å². The van der Waals surface area contributed by atoms with Gasteiger partial charge in [0.15, 0.2) is 0 Å². The molecule has 6 nitrogen and oxygen atoms in total. The van der Waals surface area contributed by atoms with Crippen LogP contribution in [0, 0.1) is 0 Å². The molecule has 0 saturated carbocycles. The van der Waals surface area contributed by atoms with Gasteiger partial charge in [-0.15, -0.1) is 11.3 Å². The predicted octanol–water partition coefficient (Wildman–Crippen LogP) is 1.84. The molecule has 0 bridgehead atoms. The molecule has 0 aromatic carbocycles. The fourth-order valence-electron chi connectivity index (χ4n) is 2.07. The normalized spacial score (nSPS) is 12.5. The number of carboxylic acids is 1. The third-order valence-electron chi connectivity index (χ3n) is 3.05. The maximum atomic E-state index is 12.1. The van der Waals surface area contributed by atoms with Crippen LogP contribution >= 0.6 is 11.3 Å². The fourth-order valence-corrected chi connectivity index (χ4v) is 4.28. The van der Waals surface area contributed by atoms with Crippen molar-refractivity contribution in [3.05, 3.63) is 17.0 Å². The van der Waals surface area contributed by atoms with Gasteiger partial charge in [-0.05, 0) is 39.8 Å². The fraction of sp³-hybridized carbons (Fsp3) is 0.615. The highest BCUT2D eigenvalue weighted by atomic mass is 32.2. The Kier molecular flexibility index (Phi) is 6.33. The Hall–Kier alpha value is -0.960. The highest BCUT2D eigenvalue weighted by Crippen LogP contribution is 2.21. The number of nitrogens with zero attached hydrogens (tertiary/aromatic N) is 1. The summed E-state index contributed by atoms with van der Waals surface area (Å²) in [7, 11) is -3.64. The van der Waals surface area contributed by atoms with Crippen molar-refractivity contribution in [3.63, 3.8) is 0 Å². The van der Waals surface area contributed by atoms with Crippen molar-refractivity contribution in [2.45, 2.75) is 44.0 Å². The van der Waals surface area contributed by atoms with Crippen LogP contribution in [0.5, 0.6) is 0 Å². The molecule has 0 unspecified atom stereocenters. The van der Waals surface area contributed by atoms with Crippen molar-refractivity contribution in [3.8, 4) is 0 Å². The molecule has 0 spiro atoms. The molecular formula is C13H22N2O4S2. The van der Waals surface area contributed by atoms with E-state index in [2.05, 4.69) is 37.3 Å². The van der Waals surface area contributed by atoms with Crippen molar-refractivity contribution in [1.82, 2.24) is 9.62 Å². The van der Waals surface area contributed by atoms with Crippen LogP contribution in [0.3, 0.4) is 0 Å². The lowest BCUT2D eigenvalue weighted by Gasteiger charge is -2.30. The van der Waals surface area contributed by atoms with Gasteiger partial charge in [0.1, 0.15) is 9.09 Å². The monoisotopic (exact) mass is 334 g/mol. The molecule has 0 aliphatic rings. The third kappa shape index (κ3) is 5.06. The summed E-state index contributed by atoms with van der Waals surface area (Å²) in [5.74, 6) is -1.12. The minimum atomic E-state index is -3.64. The topological polar surface area (TPSA) is 86.7 Å². The van der Waals surface area contributed by atoms with Gasteiger partial charge in [0, 0.05) is 25.2 Å². The third-order valence-corrected chi connectivity index (χ3v) is 6.07. The molecule has 0 radical (unpaired) electrons. The Morgan fingerprint density at radius 3 is 2.29 bits per heavy atom. The van der Waals surface area contributed by atoms with Gasteiger partial charge in [0.2, 0.25) is 10.0 Å². The lowest BCUT2D eigenvalue weighted by molar-refractivity contribution is 0.0702. The standard InChI is InChI=1S/C13H22N2O4S2/c1-9(2)15(10(3)4)8-7-14-21(18,19)12-6-5-11(20-12)13(16)17/h5-6,9-10,14H,7-8H2,1-4H3,(H,16,17). The lowest BCUT2D eigenvalue weighted by Crippen LogP contribution is -2.42. The van der Waals surface area contributed by atoms with Crippen molar-refractivity contribution in [1.29, 1.82) is 0 Å². The Morgan fingerprint density at radius 2 is 1.86 bits per heavy atom. The van der Waals surface area contributed by atoms with E-state index in [1.165, 1.54) is 12.1 Å². The molecule has 1 aromatic heterocycles. The first-order chi connectivity index (χ1) is 9.65. The van der Waals surface area contributed by atoms with Crippen LogP contribution in [-0.2, 0) is 10.0 Å². The molecular weight excluding hydrogens is 312 g/mol. The molecule has 21 heavy (non-hydrogen) atoms. The van der Waals surface area contributed by atoms with Gasteiger partial charge < -0.3 is 5.11 Å². The molecule has 120 valence electrons. The highest BCUT2D eigenvalue weighted by molar-refractivity contribution is 7.91. The van der Waals surface area contributed by atoms with Gasteiger partial charge in [-0.3, -0.25) is 4.90 Å². The maximum absolute atomic E-state index is 12.1. The SMILES string of the molecule is CC(C)N(CCNS(=O)(=O)c1ccc(C(=O)O)s1)C(C)C. The van der Waals surface area contributed by atoms with Gasteiger partial charge in [-0.25, -0.2) is 17.9 Å². The van der Waals surface area contributed by atoms with Gasteiger partial charge >= 0.3 is 5.97 Å². The zero-order valence-corrected chi connectivity index (χ0v) is 14.3. The van der Waals surface area contributed by atoms with E-state index in [9.17, 15) is 13.2 Å². The molecule has 0 aliphatic carbocycles. The summed E-state index contributed by atoms with van der Waals surface area (Å²) in [6.45, 7) is 9.14. The minimum Gasteiger partial charge on any atom is -0.477 e. The van der Waals surface area contributed by atoms with Gasteiger partial charge in [-0.2, -0.15) is 0 Å². The Morgan fingerprint density at radius 1 is 1.29 bits per heavy atom. The Bertz CT molecular complexity index is 571. The summed E-state index contributed by atoms with van der Waals surface area (Å²) in [5, 5.41) is 8.82. The Labute approximate surface area is 129 Å². The van der Waals surface area contributed by atoms with Crippen LogP contribution in [0.2, 0.25) is 0 Å². The number of aromatic carboxylic acids is 1. The van der Waals surface area contributed by atoms with Crippen LogP contribution in [0.25, 0.3) is 0 Å². The number of rotatable bonds is 8. The molecule has 0 fully saturated rings. The zero-order chi connectivity index (χ0) is 16.2. The largest absolute Gasteiger partial charge is 0.477 e. The summed E-state index contributed by atoms with van der Waals surface area (Å²) in [4.78, 5) is 13.0. The molecule has 2 N–H and O–H groups in total. The number of hydrogen-bond donors (Lipinski definition) is 2. The number of nitrogens with one attached hydrogen (secondary N) is 1. The molecule has 1 heterocycles. The average Bonchev–Trinajstić information content (AvgIpc) is 2.83. The minimum absolute atomic E-state index is 0.0152. The number of thiophene rings is 1. The second-order valence-electron chi connectivity index (χ2n) is 5.25. The zero-order valence-electron chi connectivity index (χ0n) is 12.7. The van der Waals surface area contributed by atoms with E-state index in [4.69, 9.17) is 5.11 Å². The second kappa shape index (κ2) is 7.35. The lowest BCUT2D eigenvalue weighted by atomic mass is 10.2. The highest BCUT2D eigenvalue weighted by Gasteiger charge is 2.20. The smallest absolute Gasteiger partial charge is 0.345 e. The van der Waals surface area contributed by atoms with E-state index >= 15 is 0 Å². The van der Waals surface area contributed by atoms with Gasteiger partial charge in [-0.1, -0.05) is 0 Å². The predicted molar refractivity (Wildman–Crippen MR) is 83.4 cm³/mol. The van der Waals surface area contributed by atoms with Gasteiger partial charge in [0.05, 0.1) is 0 Å². The molecule has 0 atom stereocenters. The molecule has 0 aliphatic heterocycles. The number of carbonyl (C=O) groups is 1. The molecule has 1 rings (SSSR count). The van der Waals surface area contributed by atoms with E-state index in [-0.39, 0.29) is 9.09 Å². The summed E-state index contributed by atoms with van der Waals surface area (Å²) < 4.78 is 26.7. The van der Waals surface area contributed by atoms with E-state index < -0.39 is 16.0 Å². The number of sulfonamides is 1. The van der Waals surface area contributed by atoms with Crippen LogP contribution in [0.15, 0.2) is 16.3 Å². The second-order valence-corrected chi connectivity index (χ2v) is 8.32. The van der Waals surface area contributed by atoms with Crippen LogP contribution < -0.4 is 4.72 Å². The first kappa shape index (κ1) is 18.1. The van der Waals surface area contributed by atoms with E-state index in [0.717, 1.165) is 11.3 Å². The molecule has 0 saturated heterocycles. The molecule has 1 aromatic rings. The van der Waals surface area contributed by atoms with E-state index in [1.807, 2.05) is 0 Å². The van der Waals surface area contributed by atoms with Gasteiger partial charge in [0.25, 0.3) is 0 Å². The number of carboxylic acid groups (broad SMARTS) is 1.